The van der Waals surface area contributed by atoms with Gasteiger partial charge in [-0.05, 0) is 24.0 Å². The molecule has 0 radical (unpaired) electrons. The Labute approximate surface area is 159 Å². The van der Waals surface area contributed by atoms with E-state index in [4.69, 9.17) is 15.2 Å². The highest BCUT2D eigenvalue weighted by atomic mass is 16.5. The Bertz CT molecular complexity index is 944. The van der Waals surface area contributed by atoms with Crippen LogP contribution in [0.3, 0.4) is 0 Å². The molecule has 0 amide bonds. The second-order valence-electron chi connectivity index (χ2n) is 6.45. The highest BCUT2D eigenvalue weighted by Gasteiger charge is 2.26. The molecule has 2 aromatic rings. The number of hydrogen-bond acceptors (Lipinski definition) is 6. The molecule has 28 heavy (non-hydrogen) atoms. The van der Waals surface area contributed by atoms with Gasteiger partial charge in [0.2, 0.25) is 0 Å². The van der Waals surface area contributed by atoms with Crippen LogP contribution in [0.25, 0.3) is 11.1 Å². The Balaban J connectivity index is 1.89. The molecule has 1 unspecified atom stereocenters. The molecule has 5 N–H and O–H groups in total. The SMILES string of the molecule is Nc1[nH]c(=O)c(C(=O)O)c(-c2ccc(COCC3CCCO3)cc2)c1C(=O)O. The number of carbonyl (C=O) groups is 2. The fourth-order valence-electron chi connectivity index (χ4n) is 3.19. The molecule has 0 saturated carbocycles. The predicted molar refractivity (Wildman–Crippen MR) is 99.5 cm³/mol. The molecule has 2 heterocycles. The van der Waals surface area contributed by atoms with Gasteiger partial charge in [-0.15, -0.1) is 0 Å². The molecule has 0 bridgehead atoms. The van der Waals surface area contributed by atoms with Gasteiger partial charge in [-0.3, -0.25) is 4.79 Å². The Kier molecular flexibility index (Phi) is 5.76. The average Bonchev–Trinajstić information content (AvgIpc) is 3.14. The van der Waals surface area contributed by atoms with Crippen LogP contribution < -0.4 is 11.3 Å². The van der Waals surface area contributed by atoms with Crippen molar-refractivity contribution in [2.45, 2.75) is 25.6 Å². The van der Waals surface area contributed by atoms with Gasteiger partial charge in [-0.25, -0.2) is 9.59 Å². The van der Waals surface area contributed by atoms with Gasteiger partial charge in [0.15, 0.2) is 0 Å². The van der Waals surface area contributed by atoms with Crippen molar-refractivity contribution in [3.05, 3.63) is 51.3 Å². The molecule has 0 aliphatic carbocycles. The van der Waals surface area contributed by atoms with Gasteiger partial charge in [0, 0.05) is 12.2 Å². The number of aromatic amines is 1. The summed E-state index contributed by atoms with van der Waals surface area (Å²) in [6.45, 7) is 1.56. The summed E-state index contributed by atoms with van der Waals surface area (Å²) in [7, 11) is 0. The highest BCUT2D eigenvalue weighted by molar-refractivity contribution is 6.07. The summed E-state index contributed by atoms with van der Waals surface area (Å²) >= 11 is 0. The fraction of sp³-hybridized carbons (Fsp3) is 0.316. The van der Waals surface area contributed by atoms with E-state index in [1.165, 1.54) is 12.1 Å². The topological polar surface area (TPSA) is 152 Å². The number of pyridine rings is 1. The van der Waals surface area contributed by atoms with E-state index in [9.17, 15) is 24.6 Å². The molecule has 1 aromatic heterocycles. The monoisotopic (exact) mass is 388 g/mol. The lowest BCUT2D eigenvalue weighted by Gasteiger charge is -2.13. The molecular formula is C19H20N2O7. The van der Waals surface area contributed by atoms with Crippen molar-refractivity contribution in [3.63, 3.8) is 0 Å². The molecule has 1 atom stereocenters. The number of nitrogen functional groups attached to an aromatic ring is 1. The van der Waals surface area contributed by atoms with E-state index < -0.39 is 34.4 Å². The molecular weight excluding hydrogens is 368 g/mol. The lowest BCUT2D eigenvalue weighted by molar-refractivity contribution is 0.0106. The first-order valence-electron chi connectivity index (χ1n) is 8.69. The summed E-state index contributed by atoms with van der Waals surface area (Å²) in [4.78, 5) is 37.3. The van der Waals surface area contributed by atoms with Gasteiger partial charge in [0.05, 0.1) is 19.3 Å². The summed E-state index contributed by atoms with van der Waals surface area (Å²) in [5.74, 6) is -3.38. The largest absolute Gasteiger partial charge is 0.478 e. The second kappa shape index (κ2) is 8.24. The zero-order chi connectivity index (χ0) is 20.3. The minimum absolute atomic E-state index is 0.106. The van der Waals surface area contributed by atoms with E-state index >= 15 is 0 Å². The first-order chi connectivity index (χ1) is 13.4. The van der Waals surface area contributed by atoms with Crippen LogP contribution in [0.4, 0.5) is 5.82 Å². The van der Waals surface area contributed by atoms with Gasteiger partial charge in [-0.2, -0.15) is 0 Å². The van der Waals surface area contributed by atoms with E-state index in [0.29, 0.717) is 13.2 Å². The summed E-state index contributed by atoms with van der Waals surface area (Å²) in [6, 6.07) is 6.44. The van der Waals surface area contributed by atoms with Crippen LogP contribution in [0.2, 0.25) is 0 Å². The van der Waals surface area contributed by atoms with Crippen molar-refractivity contribution in [3.8, 4) is 11.1 Å². The molecule has 148 valence electrons. The van der Waals surface area contributed by atoms with Crippen molar-refractivity contribution in [2.24, 2.45) is 0 Å². The number of hydrogen-bond donors (Lipinski definition) is 4. The minimum atomic E-state index is -1.54. The van der Waals surface area contributed by atoms with Crippen LogP contribution in [0.5, 0.6) is 0 Å². The quantitative estimate of drug-likeness (QED) is 0.559. The first kappa shape index (κ1) is 19.6. The average molecular weight is 388 g/mol. The van der Waals surface area contributed by atoms with Crippen molar-refractivity contribution in [1.82, 2.24) is 4.98 Å². The van der Waals surface area contributed by atoms with E-state index in [1.807, 2.05) is 0 Å². The van der Waals surface area contributed by atoms with Crippen LogP contribution in [-0.2, 0) is 16.1 Å². The minimum Gasteiger partial charge on any atom is -0.478 e. The third-order valence-corrected chi connectivity index (χ3v) is 4.51. The number of aromatic nitrogens is 1. The maximum absolute atomic E-state index is 12.0. The van der Waals surface area contributed by atoms with Gasteiger partial charge < -0.3 is 30.4 Å². The molecule has 9 nitrogen and oxygen atoms in total. The number of carboxylic acid groups (broad SMARTS) is 2. The maximum atomic E-state index is 12.0. The van der Waals surface area contributed by atoms with E-state index in [1.54, 1.807) is 12.1 Å². The number of ether oxygens (including phenoxy) is 2. The van der Waals surface area contributed by atoms with Crippen molar-refractivity contribution in [1.29, 1.82) is 0 Å². The number of aromatic carboxylic acids is 2. The molecule has 1 aliphatic heterocycles. The number of H-pyrrole nitrogens is 1. The first-order valence-corrected chi connectivity index (χ1v) is 8.69. The van der Waals surface area contributed by atoms with Gasteiger partial charge >= 0.3 is 11.9 Å². The molecule has 3 rings (SSSR count). The predicted octanol–water partition coefficient (Wildman–Crippen LogP) is 1.72. The number of rotatable bonds is 7. The zero-order valence-electron chi connectivity index (χ0n) is 14.9. The van der Waals surface area contributed by atoms with Gasteiger partial charge in [0.25, 0.3) is 5.56 Å². The van der Waals surface area contributed by atoms with E-state index in [2.05, 4.69) is 4.98 Å². The number of anilines is 1. The number of carboxylic acids is 2. The number of nitrogens with one attached hydrogen (secondary N) is 1. The molecule has 1 aromatic carbocycles. The summed E-state index contributed by atoms with van der Waals surface area (Å²) in [5, 5.41) is 18.8. The molecule has 1 fully saturated rings. The normalized spacial score (nSPS) is 16.2. The summed E-state index contributed by atoms with van der Waals surface area (Å²) < 4.78 is 11.1. The van der Waals surface area contributed by atoms with Crippen LogP contribution in [0.15, 0.2) is 29.1 Å². The second-order valence-corrected chi connectivity index (χ2v) is 6.45. The van der Waals surface area contributed by atoms with Crippen LogP contribution in [0.1, 0.15) is 39.1 Å². The standard InChI is InChI=1S/C19H20N2O7/c20-16-14(18(23)24)13(15(19(25)26)17(22)21-16)11-5-3-10(4-6-11)8-27-9-12-2-1-7-28-12/h3-6,12H,1-2,7-9H2,(H,23,24)(H,25,26)(H3,20,21,22). The van der Waals surface area contributed by atoms with Crippen molar-refractivity contribution < 1.29 is 29.3 Å². The van der Waals surface area contributed by atoms with Crippen LogP contribution in [0, 0.1) is 0 Å². The van der Waals surface area contributed by atoms with Crippen molar-refractivity contribution in [2.75, 3.05) is 18.9 Å². The van der Waals surface area contributed by atoms with E-state index in [-0.39, 0.29) is 17.2 Å². The zero-order valence-corrected chi connectivity index (χ0v) is 14.9. The smallest absolute Gasteiger partial charge is 0.342 e. The lowest BCUT2D eigenvalue weighted by atomic mass is 9.95. The summed E-state index contributed by atoms with van der Waals surface area (Å²) in [5.41, 5.74) is 4.37. The van der Waals surface area contributed by atoms with Gasteiger partial charge in [-0.1, -0.05) is 24.3 Å². The van der Waals surface area contributed by atoms with Crippen LogP contribution in [-0.4, -0.2) is 46.5 Å². The molecule has 0 spiro atoms. The Morgan fingerprint density at radius 1 is 1.18 bits per heavy atom. The Hall–Kier alpha value is -3.17. The van der Waals surface area contributed by atoms with E-state index in [0.717, 1.165) is 25.0 Å². The third-order valence-electron chi connectivity index (χ3n) is 4.51. The van der Waals surface area contributed by atoms with Crippen molar-refractivity contribution >= 4 is 17.8 Å². The molecule has 9 heteroatoms. The molecule has 1 saturated heterocycles. The molecule has 1 aliphatic rings. The highest BCUT2D eigenvalue weighted by Crippen LogP contribution is 2.29. The Morgan fingerprint density at radius 3 is 2.43 bits per heavy atom. The number of nitrogens with two attached hydrogens (primary N) is 1. The number of benzene rings is 1. The lowest BCUT2D eigenvalue weighted by Crippen LogP contribution is -2.24. The van der Waals surface area contributed by atoms with Crippen LogP contribution >= 0.6 is 0 Å². The fourth-order valence-corrected chi connectivity index (χ4v) is 3.19. The van der Waals surface area contributed by atoms with Gasteiger partial charge in [0.1, 0.15) is 16.9 Å². The Morgan fingerprint density at radius 2 is 1.86 bits per heavy atom. The summed E-state index contributed by atoms with van der Waals surface area (Å²) in [6.07, 6.45) is 2.10. The third kappa shape index (κ3) is 4.05. The maximum Gasteiger partial charge on any atom is 0.342 e.